The van der Waals surface area contributed by atoms with Crippen LogP contribution in [-0.2, 0) is 0 Å². The van der Waals surface area contributed by atoms with Gasteiger partial charge in [-0.05, 0) is 43.7 Å². The monoisotopic (exact) mass is 240 g/mol. The van der Waals surface area contributed by atoms with Crippen LogP contribution in [0.1, 0.15) is 53.9 Å². The third-order valence-corrected chi connectivity index (χ3v) is 3.64. The molecule has 0 aromatic heterocycles. The molecule has 2 atom stereocenters. The summed E-state index contributed by atoms with van der Waals surface area (Å²) in [5.74, 6) is 0.873. The van der Waals surface area contributed by atoms with E-state index >= 15 is 0 Å². The Morgan fingerprint density at radius 3 is 2.41 bits per heavy atom. The lowest BCUT2D eigenvalue weighted by Gasteiger charge is -2.40. The van der Waals surface area contributed by atoms with Crippen LogP contribution >= 0.6 is 0 Å². The molecule has 2 nitrogen and oxygen atoms in total. The molecule has 0 bridgehead atoms. The summed E-state index contributed by atoms with van der Waals surface area (Å²) in [6.07, 6.45) is 3.97. The van der Waals surface area contributed by atoms with Gasteiger partial charge in [-0.3, -0.25) is 0 Å². The zero-order valence-corrected chi connectivity index (χ0v) is 12.6. The molecule has 17 heavy (non-hydrogen) atoms. The molecule has 1 aliphatic rings. The van der Waals surface area contributed by atoms with Gasteiger partial charge in [0.15, 0.2) is 0 Å². The number of rotatable bonds is 5. The third-order valence-electron chi connectivity index (χ3n) is 3.64. The van der Waals surface area contributed by atoms with Crippen LogP contribution < -0.4 is 5.32 Å². The van der Waals surface area contributed by atoms with E-state index in [2.05, 4.69) is 44.8 Å². The van der Waals surface area contributed by atoms with Crippen LogP contribution in [-0.4, -0.2) is 37.1 Å². The van der Waals surface area contributed by atoms with Gasteiger partial charge >= 0.3 is 0 Å². The largest absolute Gasteiger partial charge is 0.313 e. The summed E-state index contributed by atoms with van der Waals surface area (Å²) in [4.78, 5) is 2.62. The number of piperidine rings is 1. The predicted molar refractivity (Wildman–Crippen MR) is 76.4 cm³/mol. The molecule has 1 saturated heterocycles. The Bertz CT molecular complexity index is 207. The zero-order chi connectivity index (χ0) is 12.9. The molecule has 0 saturated carbocycles. The van der Waals surface area contributed by atoms with Gasteiger partial charge in [-0.2, -0.15) is 0 Å². The Morgan fingerprint density at radius 1 is 1.18 bits per heavy atom. The number of hydrogen-bond donors (Lipinski definition) is 1. The quantitative estimate of drug-likeness (QED) is 0.794. The Kier molecular flexibility index (Phi) is 5.94. The first kappa shape index (κ1) is 15.0. The van der Waals surface area contributed by atoms with Gasteiger partial charge in [0.25, 0.3) is 0 Å². The summed E-state index contributed by atoms with van der Waals surface area (Å²) in [6, 6.07) is 0.719. The van der Waals surface area contributed by atoms with E-state index in [0.717, 1.165) is 12.0 Å². The maximum absolute atomic E-state index is 3.71. The van der Waals surface area contributed by atoms with Crippen LogP contribution in [0.4, 0.5) is 0 Å². The third kappa shape index (κ3) is 5.87. The van der Waals surface area contributed by atoms with E-state index in [9.17, 15) is 0 Å². The highest BCUT2D eigenvalue weighted by Crippen LogP contribution is 2.30. The van der Waals surface area contributed by atoms with E-state index < -0.39 is 0 Å². The summed E-state index contributed by atoms with van der Waals surface area (Å²) in [5, 5.41) is 3.71. The summed E-state index contributed by atoms with van der Waals surface area (Å²) in [7, 11) is 0. The van der Waals surface area contributed by atoms with Crippen LogP contribution in [0, 0.1) is 11.3 Å². The molecule has 0 amide bonds. The van der Waals surface area contributed by atoms with Gasteiger partial charge in [0, 0.05) is 19.1 Å². The standard InChI is InChI=1S/C15H32N2/c1-6-8-16-14-9-13(10-15(3,4)5)11-17(7-2)12-14/h13-14,16H,6-12H2,1-5H3. The maximum atomic E-state index is 3.71. The average Bonchev–Trinajstić information content (AvgIpc) is 2.23. The molecule has 1 rings (SSSR count). The minimum atomic E-state index is 0.469. The van der Waals surface area contributed by atoms with Crippen molar-refractivity contribution in [2.45, 2.75) is 59.9 Å². The number of likely N-dealkylation sites (N-methyl/N-ethyl adjacent to an activating group) is 1. The van der Waals surface area contributed by atoms with E-state index in [1.54, 1.807) is 0 Å². The normalized spacial score (nSPS) is 27.4. The molecule has 0 aliphatic carbocycles. The molecule has 2 unspecified atom stereocenters. The highest BCUT2D eigenvalue weighted by molar-refractivity contribution is 4.85. The van der Waals surface area contributed by atoms with Crippen molar-refractivity contribution >= 4 is 0 Å². The van der Waals surface area contributed by atoms with Gasteiger partial charge in [0.05, 0.1) is 0 Å². The Morgan fingerprint density at radius 2 is 1.88 bits per heavy atom. The lowest BCUT2D eigenvalue weighted by Crippen LogP contribution is -2.49. The molecule has 1 heterocycles. The fourth-order valence-corrected chi connectivity index (χ4v) is 3.07. The van der Waals surface area contributed by atoms with Gasteiger partial charge in [-0.1, -0.05) is 34.6 Å². The predicted octanol–water partition coefficient (Wildman–Crippen LogP) is 3.13. The molecule has 1 N–H and O–H groups in total. The molecule has 1 aliphatic heterocycles. The van der Waals surface area contributed by atoms with Crippen molar-refractivity contribution in [2.75, 3.05) is 26.2 Å². The minimum Gasteiger partial charge on any atom is -0.313 e. The van der Waals surface area contributed by atoms with E-state index in [1.807, 2.05) is 0 Å². The first-order chi connectivity index (χ1) is 7.94. The van der Waals surface area contributed by atoms with E-state index in [4.69, 9.17) is 0 Å². The number of likely N-dealkylation sites (tertiary alicyclic amines) is 1. The van der Waals surface area contributed by atoms with E-state index in [-0.39, 0.29) is 0 Å². The lowest BCUT2D eigenvalue weighted by molar-refractivity contribution is 0.118. The van der Waals surface area contributed by atoms with E-state index in [0.29, 0.717) is 5.41 Å². The Hall–Kier alpha value is -0.0800. The topological polar surface area (TPSA) is 15.3 Å². The molecule has 102 valence electrons. The first-order valence-electron chi connectivity index (χ1n) is 7.40. The van der Waals surface area contributed by atoms with Gasteiger partial charge in [0.2, 0.25) is 0 Å². The smallest absolute Gasteiger partial charge is 0.0198 e. The van der Waals surface area contributed by atoms with Gasteiger partial charge in [-0.15, -0.1) is 0 Å². The van der Waals surface area contributed by atoms with Crippen molar-refractivity contribution in [3.8, 4) is 0 Å². The maximum Gasteiger partial charge on any atom is 0.0198 e. The molecular weight excluding hydrogens is 208 g/mol. The van der Waals surface area contributed by atoms with Crippen LogP contribution in [0.15, 0.2) is 0 Å². The van der Waals surface area contributed by atoms with Gasteiger partial charge < -0.3 is 10.2 Å². The van der Waals surface area contributed by atoms with Crippen molar-refractivity contribution < 1.29 is 0 Å². The summed E-state index contributed by atoms with van der Waals surface area (Å²) in [5.41, 5.74) is 0.469. The van der Waals surface area contributed by atoms with Crippen LogP contribution in [0.25, 0.3) is 0 Å². The Labute approximate surface area is 108 Å². The molecule has 0 spiro atoms. The SMILES string of the molecule is CCCNC1CC(CC(C)(C)C)CN(CC)C1. The molecule has 0 radical (unpaired) electrons. The summed E-state index contributed by atoms with van der Waals surface area (Å²) in [6.45, 7) is 16.6. The molecule has 1 fully saturated rings. The summed E-state index contributed by atoms with van der Waals surface area (Å²) >= 11 is 0. The summed E-state index contributed by atoms with van der Waals surface area (Å²) < 4.78 is 0. The average molecular weight is 240 g/mol. The van der Waals surface area contributed by atoms with Crippen molar-refractivity contribution in [1.82, 2.24) is 10.2 Å². The fourth-order valence-electron chi connectivity index (χ4n) is 3.07. The minimum absolute atomic E-state index is 0.469. The molecule has 0 aromatic rings. The highest BCUT2D eigenvalue weighted by atomic mass is 15.2. The van der Waals surface area contributed by atoms with Crippen LogP contribution in [0.3, 0.4) is 0 Å². The number of hydrogen-bond acceptors (Lipinski definition) is 2. The van der Waals surface area contributed by atoms with Gasteiger partial charge in [0.1, 0.15) is 0 Å². The first-order valence-corrected chi connectivity index (χ1v) is 7.40. The second-order valence-corrected chi connectivity index (χ2v) is 6.87. The lowest BCUT2D eigenvalue weighted by atomic mass is 9.80. The van der Waals surface area contributed by atoms with Crippen LogP contribution in [0.5, 0.6) is 0 Å². The Balaban J connectivity index is 2.48. The second kappa shape index (κ2) is 6.75. The van der Waals surface area contributed by atoms with Crippen molar-refractivity contribution in [3.05, 3.63) is 0 Å². The van der Waals surface area contributed by atoms with E-state index in [1.165, 1.54) is 45.4 Å². The zero-order valence-electron chi connectivity index (χ0n) is 12.6. The molecule has 0 aromatic carbocycles. The van der Waals surface area contributed by atoms with Crippen molar-refractivity contribution in [1.29, 1.82) is 0 Å². The second-order valence-electron chi connectivity index (χ2n) is 6.87. The highest BCUT2D eigenvalue weighted by Gasteiger charge is 2.28. The van der Waals surface area contributed by atoms with Crippen LogP contribution in [0.2, 0.25) is 0 Å². The fraction of sp³-hybridized carbons (Fsp3) is 1.00. The number of nitrogens with one attached hydrogen (secondary N) is 1. The van der Waals surface area contributed by atoms with Crippen molar-refractivity contribution in [2.24, 2.45) is 11.3 Å². The molecule has 2 heteroatoms. The number of nitrogens with zero attached hydrogens (tertiary/aromatic N) is 1. The van der Waals surface area contributed by atoms with Crippen molar-refractivity contribution in [3.63, 3.8) is 0 Å². The molecular formula is C15H32N2. The van der Waals surface area contributed by atoms with Gasteiger partial charge in [-0.25, -0.2) is 0 Å².